The van der Waals surface area contributed by atoms with Crippen LogP contribution in [0.1, 0.15) is 29.8 Å². The maximum Gasteiger partial charge on any atom is 0.339 e. The molecule has 7 nitrogen and oxygen atoms in total. The standard InChI is InChI=1S/C19H20N2O5S/c1-12(2)21-27(24,25)15-9-7-14(8-10-15)20-18(22)17-11-13-5-3-4-6-16(13)19(23)26-17/h3-10,12,17,21H,11H2,1-2H3,(H,20,22). The molecule has 2 aromatic rings. The van der Waals surface area contributed by atoms with Crippen molar-refractivity contribution in [3.8, 4) is 0 Å². The summed E-state index contributed by atoms with van der Waals surface area (Å²) < 4.78 is 31.9. The van der Waals surface area contributed by atoms with E-state index in [0.717, 1.165) is 5.56 Å². The lowest BCUT2D eigenvalue weighted by molar-refractivity contribution is -0.125. The number of nitrogens with one attached hydrogen (secondary N) is 2. The van der Waals surface area contributed by atoms with E-state index in [1.54, 1.807) is 38.1 Å². The Labute approximate surface area is 157 Å². The first kappa shape index (κ1) is 19.1. The predicted octanol–water partition coefficient (Wildman–Crippen LogP) is 2.09. The maximum atomic E-state index is 12.4. The Morgan fingerprint density at radius 3 is 2.44 bits per heavy atom. The van der Waals surface area contributed by atoms with E-state index >= 15 is 0 Å². The van der Waals surface area contributed by atoms with Gasteiger partial charge in [-0.2, -0.15) is 0 Å². The van der Waals surface area contributed by atoms with Gasteiger partial charge in [0.25, 0.3) is 5.91 Å². The topological polar surface area (TPSA) is 102 Å². The van der Waals surface area contributed by atoms with Crippen molar-refractivity contribution in [2.45, 2.75) is 37.3 Å². The lowest BCUT2D eigenvalue weighted by Crippen LogP contribution is -2.38. The third-order valence-electron chi connectivity index (χ3n) is 4.01. The Kier molecular flexibility index (Phi) is 5.29. The van der Waals surface area contributed by atoms with Gasteiger partial charge in [-0.3, -0.25) is 4.79 Å². The minimum atomic E-state index is -3.60. The summed E-state index contributed by atoms with van der Waals surface area (Å²) in [5.41, 5.74) is 1.64. The first-order chi connectivity index (χ1) is 12.8. The van der Waals surface area contributed by atoms with Crippen LogP contribution in [0.3, 0.4) is 0 Å². The minimum Gasteiger partial charge on any atom is -0.448 e. The van der Waals surface area contributed by atoms with Crippen molar-refractivity contribution in [3.63, 3.8) is 0 Å². The van der Waals surface area contributed by atoms with Crippen molar-refractivity contribution in [2.75, 3.05) is 5.32 Å². The van der Waals surface area contributed by atoms with Gasteiger partial charge in [-0.25, -0.2) is 17.9 Å². The summed E-state index contributed by atoms with van der Waals surface area (Å²) in [6, 6.07) is 12.6. The van der Waals surface area contributed by atoms with Crippen LogP contribution < -0.4 is 10.0 Å². The Bertz CT molecular complexity index is 968. The summed E-state index contributed by atoms with van der Waals surface area (Å²) in [6.45, 7) is 3.46. The van der Waals surface area contributed by atoms with Gasteiger partial charge in [0, 0.05) is 18.2 Å². The van der Waals surface area contributed by atoms with Crippen LogP contribution in [0, 0.1) is 0 Å². The number of ether oxygens (including phenoxy) is 1. The number of rotatable bonds is 5. The molecular weight excluding hydrogens is 368 g/mol. The van der Waals surface area contributed by atoms with Crippen LogP contribution in [-0.4, -0.2) is 32.4 Å². The highest BCUT2D eigenvalue weighted by atomic mass is 32.2. The molecule has 8 heteroatoms. The second-order valence-electron chi connectivity index (χ2n) is 6.54. The molecular formula is C19H20N2O5S. The molecule has 27 heavy (non-hydrogen) atoms. The number of amides is 1. The van der Waals surface area contributed by atoms with Crippen LogP contribution in [0.25, 0.3) is 0 Å². The van der Waals surface area contributed by atoms with Crippen LogP contribution in [-0.2, 0) is 26.0 Å². The van der Waals surface area contributed by atoms with Gasteiger partial charge in [-0.05, 0) is 49.7 Å². The molecule has 0 saturated carbocycles. The zero-order chi connectivity index (χ0) is 19.6. The molecule has 1 unspecified atom stereocenters. The molecule has 0 bridgehead atoms. The van der Waals surface area contributed by atoms with Crippen LogP contribution >= 0.6 is 0 Å². The number of carbonyl (C=O) groups is 2. The quantitative estimate of drug-likeness (QED) is 0.764. The van der Waals surface area contributed by atoms with E-state index in [1.807, 2.05) is 0 Å². The van der Waals surface area contributed by atoms with E-state index in [2.05, 4.69) is 10.0 Å². The molecule has 0 saturated heterocycles. The molecule has 2 aromatic carbocycles. The molecule has 0 radical (unpaired) electrons. The van der Waals surface area contributed by atoms with Crippen molar-refractivity contribution in [1.82, 2.24) is 4.72 Å². The molecule has 3 rings (SSSR count). The normalized spacial score (nSPS) is 16.6. The number of esters is 1. The number of carbonyl (C=O) groups excluding carboxylic acids is 2. The second kappa shape index (κ2) is 7.50. The maximum absolute atomic E-state index is 12.4. The number of cyclic esters (lactones) is 1. The smallest absolute Gasteiger partial charge is 0.339 e. The second-order valence-corrected chi connectivity index (χ2v) is 8.26. The fraction of sp³-hybridized carbons (Fsp3) is 0.263. The van der Waals surface area contributed by atoms with E-state index < -0.39 is 28.0 Å². The molecule has 1 heterocycles. The minimum absolute atomic E-state index is 0.104. The molecule has 0 spiro atoms. The van der Waals surface area contributed by atoms with Crippen molar-refractivity contribution in [3.05, 3.63) is 59.7 Å². The summed E-state index contributed by atoms with van der Waals surface area (Å²) >= 11 is 0. The average Bonchev–Trinajstić information content (AvgIpc) is 2.61. The van der Waals surface area contributed by atoms with E-state index in [9.17, 15) is 18.0 Å². The first-order valence-corrected chi connectivity index (χ1v) is 9.97. The molecule has 1 aliphatic heterocycles. The van der Waals surface area contributed by atoms with Crippen molar-refractivity contribution in [1.29, 1.82) is 0 Å². The molecule has 142 valence electrons. The molecule has 1 aliphatic rings. The van der Waals surface area contributed by atoms with Gasteiger partial charge >= 0.3 is 5.97 Å². The zero-order valence-electron chi connectivity index (χ0n) is 14.9. The highest BCUT2D eigenvalue weighted by molar-refractivity contribution is 7.89. The molecule has 0 aromatic heterocycles. The highest BCUT2D eigenvalue weighted by Crippen LogP contribution is 2.22. The average molecular weight is 388 g/mol. The van der Waals surface area contributed by atoms with Gasteiger partial charge in [0.15, 0.2) is 6.10 Å². The monoisotopic (exact) mass is 388 g/mol. The number of sulfonamides is 1. The van der Waals surface area contributed by atoms with Crippen molar-refractivity contribution < 1.29 is 22.7 Å². The summed E-state index contributed by atoms with van der Waals surface area (Å²) in [5.74, 6) is -0.994. The predicted molar refractivity (Wildman–Crippen MR) is 99.9 cm³/mol. The fourth-order valence-electron chi connectivity index (χ4n) is 2.80. The Balaban J connectivity index is 1.69. The van der Waals surface area contributed by atoms with Crippen molar-refractivity contribution in [2.24, 2.45) is 0 Å². The summed E-state index contributed by atoms with van der Waals surface area (Å²) in [7, 11) is -3.60. The number of fused-ring (bicyclic) bond motifs is 1. The third-order valence-corrected chi connectivity index (χ3v) is 5.68. The SMILES string of the molecule is CC(C)NS(=O)(=O)c1ccc(NC(=O)C2Cc3ccccc3C(=O)O2)cc1. The summed E-state index contributed by atoms with van der Waals surface area (Å²) in [4.78, 5) is 24.6. The van der Waals surface area contributed by atoms with Crippen LogP contribution in [0.4, 0.5) is 5.69 Å². The largest absolute Gasteiger partial charge is 0.448 e. The van der Waals surface area contributed by atoms with Gasteiger partial charge in [-0.1, -0.05) is 18.2 Å². The lowest BCUT2D eigenvalue weighted by atomic mass is 9.98. The number of hydrogen-bond acceptors (Lipinski definition) is 5. The molecule has 0 fully saturated rings. The Morgan fingerprint density at radius 2 is 1.78 bits per heavy atom. The van der Waals surface area contributed by atoms with E-state index in [1.165, 1.54) is 24.3 Å². The van der Waals surface area contributed by atoms with Gasteiger partial charge in [0.1, 0.15) is 0 Å². The Morgan fingerprint density at radius 1 is 1.11 bits per heavy atom. The van der Waals surface area contributed by atoms with Gasteiger partial charge in [0.2, 0.25) is 10.0 Å². The van der Waals surface area contributed by atoms with Gasteiger partial charge in [-0.15, -0.1) is 0 Å². The van der Waals surface area contributed by atoms with Crippen LogP contribution in [0.15, 0.2) is 53.4 Å². The lowest BCUT2D eigenvalue weighted by Gasteiger charge is -2.23. The van der Waals surface area contributed by atoms with Crippen LogP contribution in [0.5, 0.6) is 0 Å². The number of benzene rings is 2. The number of hydrogen-bond donors (Lipinski definition) is 2. The summed E-state index contributed by atoms with van der Waals surface area (Å²) in [5, 5.41) is 2.65. The third kappa shape index (κ3) is 4.35. The molecule has 0 aliphatic carbocycles. The first-order valence-electron chi connectivity index (χ1n) is 8.48. The molecule has 1 atom stereocenters. The van der Waals surface area contributed by atoms with Crippen LogP contribution in [0.2, 0.25) is 0 Å². The van der Waals surface area contributed by atoms with Crippen molar-refractivity contribution >= 4 is 27.6 Å². The number of anilines is 1. The Hall–Kier alpha value is -2.71. The van der Waals surface area contributed by atoms with Gasteiger partial charge < -0.3 is 10.1 Å². The fourth-order valence-corrected chi connectivity index (χ4v) is 4.05. The van der Waals surface area contributed by atoms with E-state index in [0.29, 0.717) is 17.7 Å². The van der Waals surface area contributed by atoms with E-state index in [4.69, 9.17) is 4.74 Å². The summed E-state index contributed by atoms with van der Waals surface area (Å²) in [6.07, 6.45) is -0.642. The van der Waals surface area contributed by atoms with Gasteiger partial charge in [0.05, 0.1) is 10.5 Å². The highest BCUT2D eigenvalue weighted by Gasteiger charge is 2.31. The molecule has 2 N–H and O–H groups in total. The van der Waals surface area contributed by atoms with E-state index in [-0.39, 0.29) is 10.9 Å². The zero-order valence-corrected chi connectivity index (χ0v) is 15.7. The molecule has 1 amide bonds.